The number of rotatable bonds is 5. The normalized spacial score (nSPS) is 17.4. The first kappa shape index (κ1) is 14.4. The van der Waals surface area contributed by atoms with E-state index in [-0.39, 0.29) is 5.69 Å². The Bertz CT molecular complexity index is 458. The van der Waals surface area contributed by atoms with Crippen LogP contribution in [0.1, 0.15) is 49.0 Å². The first-order chi connectivity index (χ1) is 9.66. The van der Waals surface area contributed by atoms with Crippen LogP contribution in [0.25, 0.3) is 0 Å². The topological polar surface area (TPSA) is 98.0 Å². The van der Waals surface area contributed by atoms with Crippen molar-refractivity contribution in [3.8, 4) is 0 Å². The number of nitrogens with two attached hydrogens (primary N) is 1. The molecule has 1 saturated carbocycles. The van der Waals surface area contributed by atoms with Gasteiger partial charge in [0.1, 0.15) is 11.7 Å². The van der Waals surface area contributed by atoms with E-state index < -0.39 is 17.9 Å². The van der Waals surface area contributed by atoms with E-state index in [1.54, 1.807) is 0 Å². The van der Waals surface area contributed by atoms with Gasteiger partial charge in [-0.1, -0.05) is 32.1 Å². The number of primary amides is 1. The zero-order valence-electron chi connectivity index (χ0n) is 11.4. The van der Waals surface area contributed by atoms with Gasteiger partial charge in [0.25, 0.3) is 5.91 Å². The van der Waals surface area contributed by atoms with Crippen molar-refractivity contribution >= 4 is 11.8 Å². The summed E-state index contributed by atoms with van der Waals surface area (Å²) in [7, 11) is 0. The van der Waals surface area contributed by atoms with Crippen molar-refractivity contribution in [2.45, 2.75) is 44.6 Å². The van der Waals surface area contributed by atoms with Crippen molar-refractivity contribution in [2.24, 2.45) is 11.7 Å². The average Bonchev–Trinajstić information content (AvgIpc) is 2.48. The molecule has 108 valence electrons. The minimum absolute atomic E-state index is 0.197. The van der Waals surface area contributed by atoms with E-state index in [4.69, 9.17) is 5.73 Å². The fraction of sp³-hybridized carbons (Fsp3) is 0.571. The highest BCUT2D eigenvalue weighted by molar-refractivity contribution is 5.95. The smallest absolute Gasteiger partial charge is 0.272 e. The van der Waals surface area contributed by atoms with Gasteiger partial charge in [-0.05, 0) is 12.3 Å². The van der Waals surface area contributed by atoms with Crippen molar-refractivity contribution in [3.05, 3.63) is 24.3 Å². The largest absolute Gasteiger partial charge is 0.368 e. The van der Waals surface area contributed by atoms with E-state index in [1.807, 2.05) is 0 Å². The summed E-state index contributed by atoms with van der Waals surface area (Å²) in [6, 6.07) is -0.632. The number of amides is 2. The summed E-state index contributed by atoms with van der Waals surface area (Å²) in [6.45, 7) is 0. The Morgan fingerprint density at radius 3 is 2.65 bits per heavy atom. The van der Waals surface area contributed by atoms with Crippen LogP contribution in [0.5, 0.6) is 0 Å². The first-order valence-corrected chi connectivity index (χ1v) is 7.03. The third-order valence-corrected chi connectivity index (χ3v) is 3.74. The molecule has 1 aliphatic carbocycles. The quantitative estimate of drug-likeness (QED) is 0.839. The van der Waals surface area contributed by atoms with Crippen molar-refractivity contribution in [3.63, 3.8) is 0 Å². The van der Waals surface area contributed by atoms with Gasteiger partial charge < -0.3 is 11.1 Å². The van der Waals surface area contributed by atoms with E-state index >= 15 is 0 Å². The van der Waals surface area contributed by atoms with E-state index in [0.717, 1.165) is 12.8 Å². The summed E-state index contributed by atoms with van der Waals surface area (Å²) in [5, 5.41) is 2.66. The molecule has 1 atom stereocenters. The fourth-order valence-electron chi connectivity index (χ4n) is 2.65. The van der Waals surface area contributed by atoms with Crippen molar-refractivity contribution in [1.82, 2.24) is 15.3 Å². The van der Waals surface area contributed by atoms with Crippen LogP contribution in [0.3, 0.4) is 0 Å². The Labute approximate surface area is 118 Å². The molecule has 2 rings (SSSR count). The number of carbonyl (C=O) groups excluding carboxylic acids is 2. The maximum atomic E-state index is 12.0. The molecule has 0 radical (unpaired) electrons. The lowest BCUT2D eigenvalue weighted by Crippen LogP contribution is -2.45. The maximum Gasteiger partial charge on any atom is 0.272 e. The van der Waals surface area contributed by atoms with Gasteiger partial charge in [0.15, 0.2) is 0 Å². The summed E-state index contributed by atoms with van der Waals surface area (Å²) >= 11 is 0. The molecular weight excluding hydrogens is 256 g/mol. The molecule has 1 aromatic rings. The third kappa shape index (κ3) is 4.01. The minimum atomic E-state index is -0.632. The van der Waals surface area contributed by atoms with E-state index in [0.29, 0.717) is 12.3 Å². The van der Waals surface area contributed by atoms with E-state index in [2.05, 4.69) is 15.3 Å². The van der Waals surface area contributed by atoms with Crippen molar-refractivity contribution in [1.29, 1.82) is 0 Å². The van der Waals surface area contributed by atoms with Crippen molar-refractivity contribution in [2.75, 3.05) is 0 Å². The molecule has 1 aromatic heterocycles. The number of aromatic nitrogens is 2. The Morgan fingerprint density at radius 2 is 2.05 bits per heavy atom. The van der Waals surface area contributed by atoms with Gasteiger partial charge in [-0.25, -0.2) is 4.98 Å². The highest BCUT2D eigenvalue weighted by Crippen LogP contribution is 2.27. The second kappa shape index (κ2) is 6.98. The van der Waals surface area contributed by atoms with Crippen LogP contribution in [-0.4, -0.2) is 27.8 Å². The van der Waals surface area contributed by atoms with Crippen LogP contribution in [0.4, 0.5) is 0 Å². The van der Waals surface area contributed by atoms with Crippen molar-refractivity contribution < 1.29 is 9.59 Å². The summed E-state index contributed by atoms with van der Waals surface area (Å²) in [5.41, 5.74) is 5.59. The van der Waals surface area contributed by atoms with Crippen LogP contribution >= 0.6 is 0 Å². The van der Waals surface area contributed by atoms with Crippen LogP contribution < -0.4 is 11.1 Å². The van der Waals surface area contributed by atoms with Crippen LogP contribution in [0.15, 0.2) is 18.6 Å². The fourth-order valence-corrected chi connectivity index (χ4v) is 2.65. The zero-order valence-corrected chi connectivity index (χ0v) is 11.4. The van der Waals surface area contributed by atoms with Gasteiger partial charge in [-0.2, -0.15) is 0 Å². The number of hydrogen-bond donors (Lipinski definition) is 2. The molecular formula is C14H20N4O2. The highest BCUT2D eigenvalue weighted by atomic mass is 16.2. The SMILES string of the molecule is NC(=O)[C@H](CC1CCCCC1)NC(=O)c1cnccn1. The predicted molar refractivity (Wildman–Crippen MR) is 73.7 cm³/mol. The first-order valence-electron chi connectivity index (χ1n) is 7.03. The summed E-state index contributed by atoms with van der Waals surface area (Å²) in [5.74, 6) is -0.436. The minimum Gasteiger partial charge on any atom is -0.368 e. The van der Waals surface area contributed by atoms with E-state index in [9.17, 15) is 9.59 Å². The number of hydrogen-bond acceptors (Lipinski definition) is 4. The molecule has 2 amide bonds. The summed E-state index contributed by atoms with van der Waals surface area (Å²) in [4.78, 5) is 31.2. The lowest BCUT2D eigenvalue weighted by Gasteiger charge is -2.25. The maximum absolute atomic E-state index is 12.0. The predicted octanol–water partition coefficient (Wildman–Crippen LogP) is 1.03. The molecule has 0 saturated heterocycles. The van der Waals surface area contributed by atoms with Gasteiger partial charge in [0.2, 0.25) is 5.91 Å². The monoisotopic (exact) mass is 276 g/mol. The van der Waals surface area contributed by atoms with Gasteiger partial charge in [0.05, 0.1) is 6.20 Å². The molecule has 0 aromatic carbocycles. The van der Waals surface area contributed by atoms with Gasteiger partial charge in [-0.15, -0.1) is 0 Å². The molecule has 0 bridgehead atoms. The number of nitrogens with zero attached hydrogens (tertiary/aromatic N) is 2. The van der Waals surface area contributed by atoms with Crippen LogP contribution in [0, 0.1) is 5.92 Å². The standard InChI is InChI=1S/C14H20N4O2/c15-13(19)11(8-10-4-2-1-3-5-10)18-14(20)12-9-16-6-7-17-12/h6-7,9-11H,1-5,8H2,(H2,15,19)(H,18,20)/t11-/m0/s1. The van der Waals surface area contributed by atoms with Crippen LogP contribution in [-0.2, 0) is 4.79 Å². The Hall–Kier alpha value is -1.98. The molecule has 1 aliphatic rings. The highest BCUT2D eigenvalue weighted by Gasteiger charge is 2.24. The van der Waals surface area contributed by atoms with Gasteiger partial charge >= 0.3 is 0 Å². The van der Waals surface area contributed by atoms with E-state index in [1.165, 1.54) is 37.9 Å². The number of nitrogens with one attached hydrogen (secondary N) is 1. The summed E-state index contributed by atoms with van der Waals surface area (Å²) < 4.78 is 0. The zero-order chi connectivity index (χ0) is 14.4. The van der Waals surface area contributed by atoms with Crippen LogP contribution in [0.2, 0.25) is 0 Å². The average molecular weight is 276 g/mol. The second-order valence-corrected chi connectivity index (χ2v) is 5.26. The molecule has 1 fully saturated rings. The van der Waals surface area contributed by atoms with Gasteiger partial charge in [0, 0.05) is 12.4 Å². The molecule has 0 spiro atoms. The Morgan fingerprint density at radius 1 is 1.30 bits per heavy atom. The lowest BCUT2D eigenvalue weighted by atomic mass is 9.84. The molecule has 0 unspecified atom stereocenters. The third-order valence-electron chi connectivity index (χ3n) is 3.74. The number of carbonyl (C=O) groups is 2. The molecule has 3 N–H and O–H groups in total. The molecule has 1 heterocycles. The molecule has 20 heavy (non-hydrogen) atoms. The lowest BCUT2D eigenvalue weighted by molar-refractivity contribution is -0.120. The Kier molecular flexibility index (Phi) is 5.03. The molecule has 6 heteroatoms. The summed E-state index contributed by atoms with van der Waals surface area (Å²) in [6.07, 6.45) is 10.7. The molecule has 6 nitrogen and oxygen atoms in total. The van der Waals surface area contributed by atoms with Gasteiger partial charge in [-0.3, -0.25) is 14.6 Å². The second-order valence-electron chi connectivity index (χ2n) is 5.26. The molecule has 0 aliphatic heterocycles. The Balaban J connectivity index is 1.95.